The van der Waals surface area contributed by atoms with E-state index in [1.165, 1.54) is 13.2 Å². The fourth-order valence-corrected chi connectivity index (χ4v) is 3.56. The van der Waals surface area contributed by atoms with Gasteiger partial charge in [0.15, 0.2) is 0 Å². The van der Waals surface area contributed by atoms with Crippen molar-refractivity contribution < 1.29 is 23.6 Å². The number of hydrogen-bond acceptors (Lipinski definition) is 6. The summed E-state index contributed by atoms with van der Waals surface area (Å²) in [6.07, 6.45) is 2.97. The Morgan fingerprint density at radius 3 is 2.45 bits per heavy atom. The van der Waals surface area contributed by atoms with Crippen molar-refractivity contribution >= 4 is 41.2 Å². The van der Waals surface area contributed by atoms with Crippen LogP contribution in [0.5, 0.6) is 5.75 Å². The number of methoxy groups -OCH3 is 1. The standard InChI is InChI=1S/C24H22Cl2N2O5/c1-14(24(30)31-3)27-21(29)12-9-16-7-10-17(11-8-16)32-13-18-15(2)33-28-23(18)22-19(25)5-4-6-20(22)26/h4-12,14H,13H2,1-3H3,(H,27,29)/b12-9+/t14-/m1/s1. The highest BCUT2D eigenvalue weighted by Crippen LogP contribution is 2.37. The smallest absolute Gasteiger partial charge is 0.328 e. The summed E-state index contributed by atoms with van der Waals surface area (Å²) in [5, 5.41) is 7.57. The van der Waals surface area contributed by atoms with Gasteiger partial charge in [0.2, 0.25) is 5.91 Å². The molecule has 172 valence electrons. The zero-order valence-corrected chi connectivity index (χ0v) is 19.7. The van der Waals surface area contributed by atoms with Crippen LogP contribution in [0.25, 0.3) is 17.3 Å². The van der Waals surface area contributed by atoms with Gasteiger partial charge in [-0.15, -0.1) is 0 Å². The summed E-state index contributed by atoms with van der Waals surface area (Å²) in [5.74, 6) is 0.309. The third kappa shape index (κ3) is 6.15. The molecule has 2 aromatic carbocycles. The Hall–Kier alpha value is -3.29. The van der Waals surface area contributed by atoms with Gasteiger partial charge in [0.05, 0.1) is 22.7 Å². The Morgan fingerprint density at radius 1 is 1.15 bits per heavy atom. The molecule has 33 heavy (non-hydrogen) atoms. The number of nitrogens with one attached hydrogen (secondary N) is 1. The van der Waals surface area contributed by atoms with Gasteiger partial charge in [-0.25, -0.2) is 4.79 Å². The number of benzene rings is 2. The topological polar surface area (TPSA) is 90.7 Å². The Balaban J connectivity index is 1.65. The lowest BCUT2D eigenvalue weighted by Gasteiger charge is -2.09. The van der Waals surface area contributed by atoms with E-state index < -0.39 is 17.9 Å². The molecular formula is C24H22Cl2N2O5. The molecular weight excluding hydrogens is 467 g/mol. The first-order valence-corrected chi connectivity index (χ1v) is 10.7. The number of ether oxygens (including phenoxy) is 2. The number of rotatable bonds is 8. The van der Waals surface area contributed by atoms with Crippen molar-refractivity contribution in [3.05, 3.63) is 75.5 Å². The quantitative estimate of drug-likeness (QED) is 0.345. The maximum atomic E-state index is 11.9. The number of esters is 1. The van der Waals surface area contributed by atoms with E-state index in [-0.39, 0.29) is 6.61 Å². The predicted octanol–water partition coefficient (Wildman–Crippen LogP) is 5.23. The average molecular weight is 489 g/mol. The zero-order chi connectivity index (χ0) is 24.0. The molecule has 0 radical (unpaired) electrons. The van der Waals surface area contributed by atoms with Gasteiger partial charge >= 0.3 is 5.97 Å². The lowest BCUT2D eigenvalue weighted by Crippen LogP contribution is -2.38. The van der Waals surface area contributed by atoms with E-state index in [4.69, 9.17) is 32.5 Å². The van der Waals surface area contributed by atoms with E-state index in [9.17, 15) is 9.59 Å². The summed E-state index contributed by atoms with van der Waals surface area (Å²) >= 11 is 12.6. The summed E-state index contributed by atoms with van der Waals surface area (Å²) < 4.78 is 15.8. The van der Waals surface area contributed by atoms with E-state index in [1.54, 1.807) is 62.4 Å². The minimum Gasteiger partial charge on any atom is -0.489 e. The molecule has 1 atom stereocenters. The van der Waals surface area contributed by atoms with Gasteiger partial charge in [0.25, 0.3) is 0 Å². The monoisotopic (exact) mass is 488 g/mol. The number of halogens is 2. The van der Waals surface area contributed by atoms with Crippen LogP contribution in [-0.4, -0.2) is 30.2 Å². The van der Waals surface area contributed by atoms with Crippen molar-refractivity contribution in [1.29, 1.82) is 0 Å². The van der Waals surface area contributed by atoms with Crippen molar-refractivity contribution in [2.45, 2.75) is 26.5 Å². The van der Waals surface area contributed by atoms with E-state index in [2.05, 4.69) is 15.2 Å². The van der Waals surface area contributed by atoms with Crippen molar-refractivity contribution in [3.63, 3.8) is 0 Å². The molecule has 0 aliphatic heterocycles. The molecule has 0 aliphatic carbocycles. The zero-order valence-electron chi connectivity index (χ0n) is 18.2. The summed E-state index contributed by atoms with van der Waals surface area (Å²) in [6.45, 7) is 3.54. The predicted molar refractivity (Wildman–Crippen MR) is 126 cm³/mol. The highest BCUT2D eigenvalue weighted by atomic mass is 35.5. The van der Waals surface area contributed by atoms with Gasteiger partial charge in [-0.3, -0.25) is 4.79 Å². The number of aryl methyl sites for hydroxylation is 1. The molecule has 1 amide bonds. The molecule has 1 heterocycles. The van der Waals surface area contributed by atoms with Crippen LogP contribution in [0.4, 0.5) is 0 Å². The molecule has 7 nitrogen and oxygen atoms in total. The minimum atomic E-state index is -0.727. The molecule has 1 N–H and O–H groups in total. The molecule has 0 aliphatic rings. The SMILES string of the molecule is COC(=O)[C@@H](C)NC(=O)/C=C/c1ccc(OCc2c(-c3c(Cl)cccc3Cl)noc2C)cc1. The van der Waals surface area contributed by atoms with Crippen LogP contribution in [0.1, 0.15) is 23.8 Å². The molecule has 3 rings (SSSR count). The first-order chi connectivity index (χ1) is 15.8. The van der Waals surface area contributed by atoms with Gasteiger partial charge in [-0.05, 0) is 49.8 Å². The van der Waals surface area contributed by atoms with E-state index >= 15 is 0 Å². The van der Waals surface area contributed by atoms with Crippen LogP contribution in [0.2, 0.25) is 10.0 Å². The molecule has 3 aromatic rings. The van der Waals surface area contributed by atoms with Crippen LogP contribution >= 0.6 is 23.2 Å². The second kappa shape index (κ2) is 11.0. The molecule has 0 saturated carbocycles. The van der Waals surface area contributed by atoms with Gasteiger partial charge in [0.1, 0.15) is 29.9 Å². The van der Waals surface area contributed by atoms with Crippen LogP contribution in [0.3, 0.4) is 0 Å². The lowest BCUT2D eigenvalue weighted by atomic mass is 10.1. The summed E-state index contributed by atoms with van der Waals surface area (Å²) in [7, 11) is 1.27. The maximum absolute atomic E-state index is 11.9. The molecule has 0 spiro atoms. The van der Waals surface area contributed by atoms with E-state index in [1.807, 2.05) is 0 Å². The van der Waals surface area contributed by atoms with Crippen molar-refractivity contribution in [2.75, 3.05) is 7.11 Å². The molecule has 0 bridgehead atoms. The van der Waals surface area contributed by atoms with Gasteiger partial charge in [0, 0.05) is 11.6 Å². The highest BCUT2D eigenvalue weighted by Gasteiger charge is 2.20. The third-order valence-corrected chi connectivity index (χ3v) is 5.42. The first-order valence-electron chi connectivity index (χ1n) is 9.99. The largest absolute Gasteiger partial charge is 0.489 e. The first kappa shape index (κ1) is 24.4. The van der Waals surface area contributed by atoms with Gasteiger partial charge < -0.3 is 19.3 Å². The summed E-state index contributed by atoms with van der Waals surface area (Å²) in [6, 6.07) is 11.7. The number of carbonyl (C=O) groups is 2. The number of carbonyl (C=O) groups excluding carboxylic acids is 2. The second-order valence-corrected chi connectivity index (χ2v) is 7.92. The van der Waals surface area contributed by atoms with Gasteiger partial charge in [-0.2, -0.15) is 0 Å². The van der Waals surface area contributed by atoms with Crippen LogP contribution in [-0.2, 0) is 20.9 Å². The Labute approximate surface area is 201 Å². The lowest BCUT2D eigenvalue weighted by molar-refractivity contribution is -0.144. The fraction of sp³-hybridized carbons (Fsp3) is 0.208. The van der Waals surface area contributed by atoms with Crippen LogP contribution in [0.15, 0.2) is 53.1 Å². The molecule has 0 fully saturated rings. The second-order valence-electron chi connectivity index (χ2n) is 7.11. The maximum Gasteiger partial charge on any atom is 0.328 e. The highest BCUT2D eigenvalue weighted by molar-refractivity contribution is 6.39. The third-order valence-electron chi connectivity index (χ3n) is 4.79. The Kier molecular flexibility index (Phi) is 8.14. The van der Waals surface area contributed by atoms with Crippen LogP contribution in [0, 0.1) is 6.92 Å². The number of hydrogen-bond donors (Lipinski definition) is 1. The normalized spacial score (nSPS) is 11.9. The summed E-state index contributed by atoms with van der Waals surface area (Å²) in [4.78, 5) is 23.3. The Morgan fingerprint density at radius 2 is 1.82 bits per heavy atom. The number of amides is 1. The molecule has 0 unspecified atom stereocenters. The molecule has 1 aromatic heterocycles. The van der Waals surface area contributed by atoms with E-state index in [0.29, 0.717) is 32.8 Å². The Bertz CT molecular complexity index is 1150. The average Bonchev–Trinajstić information content (AvgIpc) is 3.16. The number of aromatic nitrogens is 1. The summed E-state index contributed by atoms with van der Waals surface area (Å²) in [5.41, 5.74) is 2.66. The number of nitrogens with zero attached hydrogens (tertiary/aromatic N) is 1. The van der Waals surface area contributed by atoms with Crippen molar-refractivity contribution in [2.24, 2.45) is 0 Å². The molecule has 9 heteroatoms. The van der Waals surface area contributed by atoms with Crippen molar-refractivity contribution in [3.8, 4) is 17.0 Å². The minimum absolute atomic E-state index is 0.204. The van der Waals surface area contributed by atoms with E-state index in [0.717, 1.165) is 11.1 Å². The van der Waals surface area contributed by atoms with Gasteiger partial charge in [-0.1, -0.05) is 46.6 Å². The molecule has 0 saturated heterocycles. The van der Waals surface area contributed by atoms with Crippen LogP contribution < -0.4 is 10.1 Å². The fourth-order valence-electron chi connectivity index (χ4n) is 2.98. The van der Waals surface area contributed by atoms with Crippen molar-refractivity contribution in [1.82, 2.24) is 10.5 Å².